The maximum atomic E-state index is 10.9. The number of hydrogen-bond acceptors (Lipinski definition) is 8. The van der Waals surface area contributed by atoms with Crippen molar-refractivity contribution in [3.63, 3.8) is 0 Å². The van der Waals surface area contributed by atoms with Crippen molar-refractivity contribution >= 4 is 39.9 Å². The topological polar surface area (TPSA) is 140 Å². The monoisotopic (exact) mass is 297 g/mol. The summed E-state index contributed by atoms with van der Waals surface area (Å²) in [6.07, 6.45) is 0. The number of thioether (sulfide) groups is 1. The second kappa shape index (κ2) is 5.52. The van der Waals surface area contributed by atoms with Gasteiger partial charge in [-0.1, -0.05) is 11.8 Å². The van der Waals surface area contributed by atoms with E-state index in [1.807, 2.05) is 0 Å². The van der Waals surface area contributed by atoms with Crippen molar-refractivity contribution in [3.8, 4) is 0 Å². The van der Waals surface area contributed by atoms with E-state index in [2.05, 4.69) is 15.8 Å². The van der Waals surface area contributed by atoms with E-state index in [4.69, 9.17) is 0 Å². The molecule has 1 fully saturated rings. The standard InChI is InChI=1S/C9H7N5O5S/c15-8-4-20-9(10-8)12-11-6-2-1-5(13(16)17)3-7(6)14(18)19/h1-3,11H,4H2,(H,10,12,15). The van der Waals surface area contributed by atoms with Crippen LogP contribution in [0, 0.1) is 20.2 Å². The molecule has 11 heteroatoms. The van der Waals surface area contributed by atoms with Gasteiger partial charge < -0.3 is 5.32 Å². The molecule has 20 heavy (non-hydrogen) atoms. The summed E-state index contributed by atoms with van der Waals surface area (Å²) in [5.41, 5.74) is 1.54. The number of rotatable bonds is 4. The van der Waals surface area contributed by atoms with Crippen LogP contribution in [0.15, 0.2) is 23.3 Å². The Morgan fingerprint density at radius 1 is 1.30 bits per heavy atom. The lowest BCUT2D eigenvalue weighted by atomic mass is 10.2. The summed E-state index contributed by atoms with van der Waals surface area (Å²) < 4.78 is 0. The first kappa shape index (κ1) is 13.7. The molecule has 0 atom stereocenters. The fourth-order valence-corrected chi connectivity index (χ4v) is 2.01. The third-order valence-electron chi connectivity index (χ3n) is 2.25. The summed E-state index contributed by atoms with van der Waals surface area (Å²) >= 11 is 1.14. The molecule has 0 bridgehead atoms. The van der Waals surface area contributed by atoms with Crippen molar-refractivity contribution in [2.24, 2.45) is 5.10 Å². The molecule has 1 aliphatic heterocycles. The van der Waals surface area contributed by atoms with Gasteiger partial charge in [-0.05, 0) is 6.07 Å². The van der Waals surface area contributed by atoms with Gasteiger partial charge in [0.25, 0.3) is 5.69 Å². The summed E-state index contributed by atoms with van der Waals surface area (Å²) in [5, 5.41) is 27.9. The van der Waals surface area contributed by atoms with Crippen molar-refractivity contribution < 1.29 is 14.6 Å². The SMILES string of the molecule is O=C1CS/C(=N\Nc2ccc([N+](=O)[O-])cc2[N+](=O)[O-])N1. The molecular weight excluding hydrogens is 290 g/mol. The van der Waals surface area contributed by atoms with Crippen LogP contribution in [-0.4, -0.2) is 26.7 Å². The number of carbonyl (C=O) groups excluding carboxylic acids is 1. The second-order valence-electron chi connectivity index (χ2n) is 3.58. The number of carbonyl (C=O) groups is 1. The Balaban J connectivity index is 2.25. The van der Waals surface area contributed by atoms with Crippen molar-refractivity contribution in [3.05, 3.63) is 38.4 Å². The highest BCUT2D eigenvalue weighted by molar-refractivity contribution is 8.15. The Morgan fingerprint density at radius 2 is 2.05 bits per heavy atom. The summed E-state index contributed by atoms with van der Waals surface area (Å²) in [6, 6.07) is 3.14. The number of benzene rings is 1. The van der Waals surface area contributed by atoms with Gasteiger partial charge in [-0.15, -0.1) is 5.10 Å². The lowest BCUT2D eigenvalue weighted by molar-refractivity contribution is -0.393. The Morgan fingerprint density at radius 3 is 2.60 bits per heavy atom. The van der Waals surface area contributed by atoms with Crippen LogP contribution < -0.4 is 10.7 Å². The molecule has 1 saturated heterocycles. The van der Waals surface area contributed by atoms with Gasteiger partial charge in [0.15, 0.2) is 5.17 Å². The molecule has 0 unspecified atom stereocenters. The van der Waals surface area contributed by atoms with Gasteiger partial charge in [0.05, 0.1) is 21.7 Å². The number of amidine groups is 1. The smallest absolute Gasteiger partial charge is 0.301 e. The van der Waals surface area contributed by atoms with Gasteiger partial charge in [-0.25, -0.2) is 0 Å². The maximum absolute atomic E-state index is 10.9. The van der Waals surface area contributed by atoms with E-state index in [0.717, 1.165) is 23.9 Å². The van der Waals surface area contributed by atoms with Crippen LogP contribution in [0.3, 0.4) is 0 Å². The predicted octanol–water partition coefficient (Wildman–Crippen LogP) is 1.05. The minimum absolute atomic E-state index is 0.00477. The van der Waals surface area contributed by atoms with E-state index in [-0.39, 0.29) is 22.5 Å². The molecule has 1 heterocycles. The molecule has 0 saturated carbocycles. The first-order valence-electron chi connectivity index (χ1n) is 5.16. The Hall–Kier alpha value is -2.69. The van der Waals surface area contributed by atoms with Gasteiger partial charge in [0.2, 0.25) is 5.91 Å². The zero-order valence-electron chi connectivity index (χ0n) is 9.73. The molecule has 1 aromatic carbocycles. The Labute approximate surface area is 115 Å². The van der Waals surface area contributed by atoms with E-state index in [0.29, 0.717) is 0 Å². The third-order valence-corrected chi connectivity index (χ3v) is 3.13. The average Bonchev–Trinajstić information content (AvgIpc) is 2.81. The minimum atomic E-state index is -0.754. The van der Waals surface area contributed by atoms with Crippen LogP contribution in [-0.2, 0) is 4.79 Å². The van der Waals surface area contributed by atoms with Crippen molar-refractivity contribution in [2.45, 2.75) is 0 Å². The number of non-ortho nitro benzene ring substituents is 1. The number of nitro groups is 2. The van der Waals surface area contributed by atoms with Gasteiger partial charge in [-0.2, -0.15) is 0 Å². The molecule has 0 aromatic heterocycles. The number of anilines is 1. The van der Waals surface area contributed by atoms with Crippen LogP contribution in [0.2, 0.25) is 0 Å². The predicted molar refractivity (Wildman–Crippen MR) is 71.4 cm³/mol. The fraction of sp³-hybridized carbons (Fsp3) is 0.111. The lowest BCUT2D eigenvalue weighted by Gasteiger charge is -2.02. The first-order valence-corrected chi connectivity index (χ1v) is 6.15. The van der Waals surface area contributed by atoms with Gasteiger partial charge in [0, 0.05) is 6.07 Å². The van der Waals surface area contributed by atoms with E-state index < -0.39 is 21.2 Å². The number of hydrazone groups is 1. The highest BCUT2D eigenvalue weighted by Gasteiger charge is 2.20. The van der Waals surface area contributed by atoms with E-state index in [1.54, 1.807) is 0 Å². The van der Waals surface area contributed by atoms with Gasteiger partial charge >= 0.3 is 5.69 Å². The minimum Gasteiger partial charge on any atom is -0.303 e. The Bertz CT molecular complexity index is 631. The zero-order chi connectivity index (χ0) is 14.7. The van der Waals surface area contributed by atoms with Crippen molar-refractivity contribution in [2.75, 3.05) is 11.2 Å². The molecule has 0 spiro atoms. The van der Waals surface area contributed by atoms with Crippen LogP contribution in [0.1, 0.15) is 0 Å². The number of nitro benzene ring substituents is 2. The number of hydrogen-bond donors (Lipinski definition) is 2. The molecule has 1 aromatic rings. The largest absolute Gasteiger partial charge is 0.303 e. The molecule has 10 nitrogen and oxygen atoms in total. The maximum Gasteiger partial charge on any atom is 0.301 e. The summed E-state index contributed by atoms with van der Waals surface area (Å²) in [6.45, 7) is 0. The molecule has 0 aliphatic carbocycles. The van der Waals surface area contributed by atoms with Crippen LogP contribution in [0.5, 0.6) is 0 Å². The number of nitrogens with one attached hydrogen (secondary N) is 2. The van der Waals surface area contributed by atoms with E-state index in [1.165, 1.54) is 6.07 Å². The van der Waals surface area contributed by atoms with Crippen LogP contribution in [0.4, 0.5) is 17.1 Å². The molecule has 2 rings (SSSR count). The quantitative estimate of drug-likeness (QED) is 0.625. The molecule has 1 aliphatic rings. The van der Waals surface area contributed by atoms with E-state index >= 15 is 0 Å². The fourth-order valence-electron chi connectivity index (χ4n) is 1.38. The molecule has 2 N–H and O–H groups in total. The number of amides is 1. The average molecular weight is 297 g/mol. The lowest BCUT2D eigenvalue weighted by Crippen LogP contribution is -2.21. The third kappa shape index (κ3) is 3.00. The molecular formula is C9H7N5O5S. The summed E-state index contributed by atoms with van der Waals surface area (Å²) in [7, 11) is 0. The highest BCUT2D eigenvalue weighted by atomic mass is 32.2. The molecule has 0 radical (unpaired) electrons. The molecule has 1 amide bonds. The first-order chi connectivity index (χ1) is 9.47. The zero-order valence-corrected chi connectivity index (χ0v) is 10.5. The van der Waals surface area contributed by atoms with Crippen LogP contribution in [0.25, 0.3) is 0 Å². The van der Waals surface area contributed by atoms with E-state index in [9.17, 15) is 25.0 Å². The van der Waals surface area contributed by atoms with Gasteiger partial charge in [0.1, 0.15) is 5.69 Å². The molecule has 104 valence electrons. The van der Waals surface area contributed by atoms with Crippen molar-refractivity contribution in [1.29, 1.82) is 0 Å². The number of nitrogens with zero attached hydrogens (tertiary/aromatic N) is 3. The summed E-state index contributed by atoms with van der Waals surface area (Å²) in [5.74, 6) is 0.0109. The summed E-state index contributed by atoms with van der Waals surface area (Å²) in [4.78, 5) is 30.9. The highest BCUT2D eigenvalue weighted by Crippen LogP contribution is 2.29. The normalized spacial score (nSPS) is 16.0. The second-order valence-corrected chi connectivity index (χ2v) is 4.55. The van der Waals surface area contributed by atoms with Gasteiger partial charge in [-0.3, -0.25) is 30.4 Å². The Kier molecular flexibility index (Phi) is 3.79. The van der Waals surface area contributed by atoms with Crippen molar-refractivity contribution in [1.82, 2.24) is 5.32 Å². The van der Waals surface area contributed by atoms with Crippen LogP contribution >= 0.6 is 11.8 Å².